The van der Waals surface area contributed by atoms with Gasteiger partial charge in [-0.05, 0) is 56.2 Å². The molecule has 0 aliphatic carbocycles. The Kier molecular flexibility index (Phi) is 9.52. The SMILES string of the molecule is Cc1ccc(NC(=O)N2CCCN(C(=O)c3ccc(Cl)c(Cl)c3)C2C(=O)NC(CC(=O)O)c2cccc(C)c2)cc1. The molecule has 4 rings (SSSR count). The van der Waals surface area contributed by atoms with E-state index in [-0.39, 0.29) is 28.7 Å². The van der Waals surface area contributed by atoms with E-state index < -0.39 is 42.4 Å². The van der Waals surface area contributed by atoms with Crippen LogP contribution < -0.4 is 10.6 Å². The van der Waals surface area contributed by atoms with E-state index in [1.807, 2.05) is 32.0 Å². The molecule has 9 nitrogen and oxygen atoms in total. The molecule has 41 heavy (non-hydrogen) atoms. The lowest BCUT2D eigenvalue weighted by Crippen LogP contribution is -2.64. The average Bonchev–Trinajstić information content (AvgIpc) is 2.94. The van der Waals surface area contributed by atoms with Crippen molar-refractivity contribution >= 4 is 52.7 Å². The molecule has 2 unspecified atom stereocenters. The zero-order valence-corrected chi connectivity index (χ0v) is 24.1. The van der Waals surface area contributed by atoms with Gasteiger partial charge >= 0.3 is 12.0 Å². The summed E-state index contributed by atoms with van der Waals surface area (Å²) in [5.41, 5.74) is 3.21. The van der Waals surface area contributed by atoms with Gasteiger partial charge in [-0.15, -0.1) is 0 Å². The van der Waals surface area contributed by atoms with Crippen molar-refractivity contribution in [1.29, 1.82) is 0 Å². The van der Waals surface area contributed by atoms with E-state index in [1.54, 1.807) is 30.3 Å². The van der Waals surface area contributed by atoms with E-state index in [1.165, 1.54) is 28.0 Å². The Balaban J connectivity index is 1.69. The fourth-order valence-electron chi connectivity index (χ4n) is 4.72. The Morgan fingerprint density at radius 2 is 1.61 bits per heavy atom. The number of nitrogens with zero attached hydrogens (tertiary/aromatic N) is 2. The van der Waals surface area contributed by atoms with E-state index in [0.29, 0.717) is 17.7 Å². The maximum Gasteiger partial charge on any atom is 0.323 e. The molecule has 3 aromatic rings. The van der Waals surface area contributed by atoms with Gasteiger partial charge in [-0.25, -0.2) is 4.79 Å². The predicted molar refractivity (Wildman–Crippen MR) is 157 cm³/mol. The summed E-state index contributed by atoms with van der Waals surface area (Å²) in [6, 6.07) is 17.2. The molecule has 0 spiro atoms. The lowest BCUT2D eigenvalue weighted by atomic mass is 10.0. The third-order valence-corrected chi connectivity index (χ3v) is 7.49. The van der Waals surface area contributed by atoms with Gasteiger partial charge in [0.1, 0.15) is 0 Å². The van der Waals surface area contributed by atoms with Crippen LogP contribution in [0.2, 0.25) is 10.0 Å². The van der Waals surface area contributed by atoms with Gasteiger partial charge < -0.3 is 20.6 Å². The summed E-state index contributed by atoms with van der Waals surface area (Å²) in [5.74, 6) is -2.33. The minimum Gasteiger partial charge on any atom is -0.481 e. The van der Waals surface area contributed by atoms with Crippen molar-refractivity contribution in [2.75, 3.05) is 18.4 Å². The molecule has 2 atom stereocenters. The number of carbonyl (C=O) groups is 4. The van der Waals surface area contributed by atoms with Crippen LogP contribution in [0.15, 0.2) is 66.7 Å². The predicted octanol–water partition coefficient (Wildman–Crippen LogP) is 5.65. The van der Waals surface area contributed by atoms with Crippen molar-refractivity contribution in [3.05, 3.63) is 99.0 Å². The van der Waals surface area contributed by atoms with E-state index in [0.717, 1.165) is 11.1 Å². The molecule has 3 aromatic carbocycles. The van der Waals surface area contributed by atoms with Crippen molar-refractivity contribution in [3.63, 3.8) is 0 Å². The monoisotopic (exact) mass is 596 g/mol. The van der Waals surface area contributed by atoms with Crippen LogP contribution >= 0.6 is 23.2 Å². The van der Waals surface area contributed by atoms with Crippen molar-refractivity contribution in [2.45, 2.75) is 38.9 Å². The number of halogens is 2. The third kappa shape index (κ3) is 7.36. The molecule has 0 bridgehead atoms. The standard InChI is InChI=1S/C30H30Cl2N4O5/c1-18-7-10-22(11-8-18)33-30(41)36-14-4-13-35(29(40)21-9-12-23(31)24(32)16-21)28(36)27(39)34-25(17-26(37)38)20-6-3-5-19(2)15-20/h3,5-12,15-16,25,28H,4,13-14,17H2,1-2H3,(H,33,41)(H,34,39)(H,37,38). The number of hydrogen-bond acceptors (Lipinski definition) is 4. The highest BCUT2D eigenvalue weighted by Crippen LogP contribution is 2.27. The van der Waals surface area contributed by atoms with Crippen LogP contribution in [-0.4, -0.2) is 58.0 Å². The Labute approximate surface area is 248 Å². The van der Waals surface area contributed by atoms with Crippen LogP contribution in [0, 0.1) is 13.8 Å². The molecule has 1 aliphatic heterocycles. The summed E-state index contributed by atoms with van der Waals surface area (Å²) in [4.78, 5) is 55.5. The fourth-order valence-corrected chi connectivity index (χ4v) is 5.02. The number of aliphatic carboxylic acids is 1. The van der Waals surface area contributed by atoms with Gasteiger partial charge in [-0.1, -0.05) is 70.7 Å². The highest BCUT2D eigenvalue weighted by Gasteiger charge is 2.41. The average molecular weight is 597 g/mol. The molecule has 11 heteroatoms. The Morgan fingerprint density at radius 1 is 0.902 bits per heavy atom. The first-order chi connectivity index (χ1) is 19.5. The molecule has 1 heterocycles. The smallest absolute Gasteiger partial charge is 0.323 e. The number of hydrogen-bond donors (Lipinski definition) is 3. The van der Waals surface area contributed by atoms with Crippen molar-refractivity contribution in [2.24, 2.45) is 0 Å². The fraction of sp³-hybridized carbons (Fsp3) is 0.267. The van der Waals surface area contributed by atoms with Crippen LogP contribution in [0.4, 0.5) is 10.5 Å². The second kappa shape index (κ2) is 13.1. The largest absolute Gasteiger partial charge is 0.481 e. The van der Waals surface area contributed by atoms with Gasteiger partial charge in [-0.3, -0.25) is 19.3 Å². The van der Waals surface area contributed by atoms with E-state index in [2.05, 4.69) is 10.6 Å². The summed E-state index contributed by atoms with van der Waals surface area (Å²) in [7, 11) is 0. The summed E-state index contributed by atoms with van der Waals surface area (Å²) in [5, 5.41) is 15.6. The number of rotatable bonds is 7. The quantitative estimate of drug-likeness (QED) is 0.325. The van der Waals surface area contributed by atoms with Gasteiger partial charge in [0.05, 0.1) is 22.5 Å². The maximum absolute atomic E-state index is 14.0. The number of aryl methyl sites for hydroxylation is 2. The number of benzene rings is 3. The van der Waals surface area contributed by atoms with Crippen LogP contribution in [0.3, 0.4) is 0 Å². The van der Waals surface area contributed by atoms with Crippen molar-refractivity contribution < 1.29 is 24.3 Å². The first-order valence-corrected chi connectivity index (χ1v) is 13.8. The van der Waals surface area contributed by atoms with Gasteiger partial charge in [0, 0.05) is 24.3 Å². The van der Waals surface area contributed by atoms with Gasteiger partial charge in [-0.2, -0.15) is 0 Å². The molecule has 1 aliphatic rings. The number of urea groups is 1. The lowest BCUT2D eigenvalue weighted by molar-refractivity contribution is -0.138. The molecular formula is C30H30Cl2N4O5. The van der Waals surface area contributed by atoms with Gasteiger partial charge in [0.15, 0.2) is 6.17 Å². The first-order valence-electron chi connectivity index (χ1n) is 13.0. The topological polar surface area (TPSA) is 119 Å². The van der Waals surface area contributed by atoms with Gasteiger partial charge in [0.25, 0.3) is 11.8 Å². The highest BCUT2D eigenvalue weighted by molar-refractivity contribution is 6.42. The van der Waals surface area contributed by atoms with E-state index >= 15 is 0 Å². The Hall–Kier alpha value is -4.08. The molecule has 4 amide bonds. The Bertz CT molecular complexity index is 1460. The summed E-state index contributed by atoms with van der Waals surface area (Å²) in [6.45, 7) is 4.15. The summed E-state index contributed by atoms with van der Waals surface area (Å²) in [6.07, 6.45) is -1.34. The summed E-state index contributed by atoms with van der Waals surface area (Å²) < 4.78 is 0. The van der Waals surface area contributed by atoms with Crippen LogP contribution in [0.25, 0.3) is 0 Å². The first kappa shape index (κ1) is 29.9. The summed E-state index contributed by atoms with van der Waals surface area (Å²) >= 11 is 12.2. The van der Waals surface area contributed by atoms with E-state index in [9.17, 15) is 24.3 Å². The van der Waals surface area contributed by atoms with Crippen molar-refractivity contribution in [1.82, 2.24) is 15.1 Å². The molecule has 1 saturated heterocycles. The number of amides is 4. The molecule has 0 radical (unpaired) electrons. The second-order valence-electron chi connectivity index (χ2n) is 9.92. The third-order valence-electron chi connectivity index (χ3n) is 6.75. The van der Waals surface area contributed by atoms with Gasteiger partial charge in [0.2, 0.25) is 0 Å². The second-order valence-corrected chi connectivity index (χ2v) is 10.7. The molecule has 0 saturated carbocycles. The minimum atomic E-state index is -1.36. The van der Waals surface area contributed by atoms with Crippen LogP contribution in [-0.2, 0) is 9.59 Å². The normalized spacial score (nSPS) is 15.7. The zero-order valence-electron chi connectivity index (χ0n) is 22.6. The highest BCUT2D eigenvalue weighted by atomic mass is 35.5. The van der Waals surface area contributed by atoms with E-state index in [4.69, 9.17) is 23.2 Å². The number of carbonyl (C=O) groups excluding carboxylic acids is 3. The maximum atomic E-state index is 14.0. The van der Waals surface area contributed by atoms with Crippen LogP contribution in [0.1, 0.15) is 45.9 Å². The molecule has 3 N–H and O–H groups in total. The molecule has 214 valence electrons. The number of carboxylic acid groups (broad SMARTS) is 1. The van der Waals surface area contributed by atoms with Crippen LogP contribution in [0.5, 0.6) is 0 Å². The Morgan fingerprint density at radius 3 is 2.27 bits per heavy atom. The minimum absolute atomic E-state index is 0.172. The molecular weight excluding hydrogens is 567 g/mol. The number of anilines is 1. The number of nitrogens with one attached hydrogen (secondary N) is 2. The number of carboxylic acids is 1. The lowest BCUT2D eigenvalue weighted by Gasteiger charge is -2.43. The molecule has 0 aromatic heterocycles. The zero-order chi connectivity index (χ0) is 29.7. The van der Waals surface area contributed by atoms with Crippen molar-refractivity contribution in [3.8, 4) is 0 Å². The molecule has 1 fully saturated rings.